The normalized spacial score (nSPS) is 13.2. The third-order valence-corrected chi connectivity index (χ3v) is 7.05. The van der Waals surface area contributed by atoms with Crippen molar-refractivity contribution in [1.29, 1.82) is 0 Å². The van der Waals surface area contributed by atoms with Gasteiger partial charge in [-0.2, -0.15) is 0 Å². The van der Waals surface area contributed by atoms with E-state index in [1.54, 1.807) is 24.3 Å². The Balaban J connectivity index is 0.00000272. The van der Waals surface area contributed by atoms with Gasteiger partial charge < -0.3 is 20.6 Å². The lowest BCUT2D eigenvalue weighted by atomic mass is 10.1. The van der Waals surface area contributed by atoms with E-state index >= 15 is 0 Å². The number of thiazole rings is 1. The lowest BCUT2D eigenvalue weighted by Crippen LogP contribution is -2.25. The number of hydrogen-bond acceptors (Lipinski definition) is 7. The number of halogens is 2. The lowest BCUT2D eigenvalue weighted by molar-refractivity contribution is 0.0954. The molecular formula is C20H20Cl2N4O3S2. The molecule has 1 aliphatic rings. The zero-order valence-electron chi connectivity index (χ0n) is 16.5. The van der Waals surface area contributed by atoms with E-state index in [2.05, 4.69) is 20.5 Å². The van der Waals surface area contributed by atoms with Crippen molar-refractivity contribution in [1.82, 2.24) is 15.2 Å². The van der Waals surface area contributed by atoms with E-state index in [0.717, 1.165) is 30.1 Å². The highest BCUT2D eigenvalue weighted by Gasteiger charge is 2.22. The molecule has 3 heterocycles. The Labute approximate surface area is 198 Å². The van der Waals surface area contributed by atoms with Gasteiger partial charge in [0.2, 0.25) is 0 Å². The largest absolute Gasteiger partial charge is 0.508 e. The van der Waals surface area contributed by atoms with Crippen LogP contribution in [0, 0.1) is 0 Å². The predicted molar refractivity (Wildman–Crippen MR) is 126 cm³/mol. The zero-order chi connectivity index (χ0) is 21.3. The van der Waals surface area contributed by atoms with Crippen molar-refractivity contribution in [2.45, 2.75) is 19.5 Å². The van der Waals surface area contributed by atoms with Gasteiger partial charge in [-0.1, -0.05) is 17.7 Å². The molecule has 11 heteroatoms. The van der Waals surface area contributed by atoms with Gasteiger partial charge in [-0.25, -0.2) is 4.98 Å². The smallest absolute Gasteiger partial charge is 0.284 e. The van der Waals surface area contributed by atoms with Gasteiger partial charge in [0.15, 0.2) is 5.01 Å². The summed E-state index contributed by atoms with van der Waals surface area (Å²) in [5.74, 6) is -0.651. The first kappa shape index (κ1) is 23.5. The first-order chi connectivity index (χ1) is 14.4. The number of amides is 2. The Bertz CT molecular complexity index is 1120. The summed E-state index contributed by atoms with van der Waals surface area (Å²) in [7, 11) is 2.04. The van der Waals surface area contributed by atoms with Crippen LogP contribution in [0.15, 0.2) is 30.3 Å². The summed E-state index contributed by atoms with van der Waals surface area (Å²) in [5, 5.41) is 16.2. The van der Waals surface area contributed by atoms with Crippen LogP contribution >= 0.6 is 46.7 Å². The van der Waals surface area contributed by atoms with E-state index in [-0.39, 0.29) is 36.5 Å². The fourth-order valence-corrected chi connectivity index (χ4v) is 5.21. The Morgan fingerprint density at radius 3 is 2.77 bits per heavy atom. The topological polar surface area (TPSA) is 94.6 Å². The molecule has 0 aliphatic carbocycles. The predicted octanol–water partition coefficient (Wildman–Crippen LogP) is 4.16. The van der Waals surface area contributed by atoms with E-state index in [9.17, 15) is 14.7 Å². The Hall–Kier alpha value is -2.17. The van der Waals surface area contributed by atoms with Crippen LogP contribution in [0.25, 0.3) is 0 Å². The summed E-state index contributed by atoms with van der Waals surface area (Å²) >= 11 is 8.43. The van der Waals surface area contributed by atoms with E-state index in [0.29, 0.717) is 25.5 Å². The van der Waals surface area contributed by atoms with E-state index < -0.39 is 0 Å². The second-order valence-corrected chi connectivity index (χ2v) is 9.72. The minimum atomic E-state index is -0.333. The van der Waals surface area contributed by atoms with Crippen molar-refractivity contribution in [2.75, 3.05) is 18.9 Å². The SMILES string of the molecule is CN1CCc2nc(C(=O)Nc3cccc(O)c3CNC(=O)c3ccc(Cl)s3)sc2C1.Cl. The van der Waals surface area contributed by atoms with Gasteiger partial charge in [-0.15, -0.1) is 35.1 Å². The molecule has 1 aliphatic heterocycles. The monoisotopic (exact) mass is 498 g/mol. The molecule has 3 aromatic rings. The maximum Gasteiger partial charge on any atom is 0.284 e. The molecule has 164 valence electrons. The molecule has 2 amide bonds. The molecule has 0 radical (unpaired) electrons. The lowest BCUT2D eigenvalue weighted by Gasteiger charge is -2.20. The van der Waals surface area contributed by atoms with Crippen LogP contribution in [0.2, 0.25) is 4.34 Å². The van der Waals surface area contributed by atoms with Gasteiger partial charge in [-0.05, 0) is 31.3 Å². The number of phenols is 1. The summed E-state index contributed by atoms with van der Waals surface area (Å²) in [6.07, 6.45) is 0.825. The van der Waals surface area contributed by atoms with Gasteiger partial charge in [0, 0.05) is 42.2 Å². The Kier molecular flexibility index (Phi) is 7.55. The third kappa shape index (κ3) is 5.36. The number of nitrogens with zero attached hydrogens (tertiary/aromatic N) is 2. The van der Waals surface area contributed by atoms with Gasteiger partial charge in [0.05, 0.1) is 14.9 Å². The number of aromatic hydroxyl groups is 1. The fraction of sp³-hybridized carbons (Fsp3) is 0.250. The van der Waals surface area contributed by atoms with Crippen molar-refractivity contribution in [3.8, 4) is 5.75 Å². The van der Waals surface area contributed by atoms with E-state index in [1.165, 1.54) is 28.7 Å². The number of aromatic nitrogens is 1. The number of thiophene rings is 1. The molecule has 0 saturated heterocycles. The zero-order valence-corrected chi connectivity index (χ0v) is 19.7. The molecule has 0 unspecified atom stereocenters. The number of carbonyl (C=O) groups is 2. The van der Waals surface area contributed by atoms with Crippen LogP contribution in [0.5, 0.6) is 5.75 Å². The quantitative estimate of drug-likeness (QED) is 0.490. The minimum absolute atomic E-state index is 0. The summed E-state index contributed by atoms with van der Waals surface area (Å²) in [4.78, 5) is 33.3. The van der Waals surface area contributed by atoms with E-state index in [4.69, 9.17) is 11.6 Å². The molecule has 0 spiro atoms. The van der Waals surface area contributed by atoms with Crippen LogP contribution in [0.4, 0.5) is 5.69 Å². The molecule has 4 rings (SSSR count). The second-order valence-electron chi connectivity index (χ2n) is 6.92. The number of rotatable bonds is 5. The molecule has 31 heavy (non-hydrogen) atoms. The average molecular weight is 499 g/mol. The average Bonchev–Trinajstić information content (AvgIpc) is 3.33. The van der Waals surface area contributed by atoms with Crippen LogP contribution in [-0.4, -0.2) is 40.4 Å². The molecule has 0 atom stereocenters. The number of anilines is 1. The van der Waals surface area contributed by atoms with Crippen molar-refractivity contribution < 1.29 is 14.7 Å². The maximum absolute atomic E-state index is 12.8. The van der Waals surface area contributed by atoms with Gasteiger partial charge in [0.1, 0.15) is 5.75 Å². The van der Waals surface area contributed by atoms with Gasteiger partial charge >= 0.3 is 0 Å². The van der Waals surface area contributed by atoms with Gasteiger partial charge in [-0.3, -0.25) is 9.59 Å². The highest BCUT2D eigenvalue weighted by atomic mass is 35.5. The standard InChI is InChI=1S/C20H19ClN4O3S2.ClH/c1-25-8-7-13-16(10-25)30-20(24-13)19(28)23-12-3-2-4-14(26)11(12)9-22-18(27)15-5-6-17(21)29-15;/h2-6,26H,7-10H2,1H3,(H,22,27)(H,23,28);1H. The first-order valence-corrected chi connectivity index (χ1v) is 11.2. The van der Waals surface area contributed by atoms with Crippen LogP contribution in [0.1, 0.15) is 35.6 Å². The molecule has 0 fully saturated rings. The Morgan fingerprint density at radius 2 is 2.03 bits per heavy atom. The molecular weight excluding hydrogens is 479 g/mol. The van der Waals surface area contributed by atoms with E-state index in [1.807, 2.05) is 7.05 Å². The van der Waals surface area contributed by atoms with Gasteiger partial charge in [0.25, 0.3) is 11.8 Å². The highest BCUT2D eigenvalue weighted by molar-refractivity contribution is 7.18. The van der Waals surface area contributed by atoms with Crippen LogP contribution < -0.4 is 10.6 Å². The van der Waals surface area contributed by atoms with Crippen molar-refractivity contribution in [2.24, 2.45) is 0 Å². The van der Waals surface area contributed by atoms with Crippen LogP contribution in [-0.2, 0) is 19.5 Å². The van der Waals surface area contributed by atoms with Crippen LogP contribution in [0.3, 0.4) is 0 Å². The fourth-order valence-electron chi connectivity index (χ4n) is 3.17. The van der Waals surface area contributed by atoms with Crippen molar-refractivity contribution in [3.05, 3.63) is 60.7 Å². The summed E-state index contributed by atoms with van der Waals surface area (Å²) < 4.78 is 0.521. The minimum Gasteiger partial charge on any atom is -0.508 e. The first-order valence-electron chi connectivity index (χ1n) is 9.23. The van der Waals surface area contributed by atoms with Crippen molar-refractivity contribution in [3.63, 3.8) is 0 Å². The molecule has 0 bridgehead atoms. The molecule has 7 nitrogen and oxygen atoms in total. The number of carbonyl (C=O) groups excluding carboxylic acids is 2. The molecule has 1 aromatic carbocycles. The number of likely N-dealkylation sites (N-methyl/N-ethyl adjacent to an activating group) is 1. The highest BCUT2D eigenvalue weighted by Crippen LogP contribution is 2.29. The number of phenolic OH excluding ortho intramolecular Hbond substituents is 1. The summed E-state index contributed by atoms with van der Waals surface area (Å²) in [5.41, 5.74) is 1.82. The third-order valence-electron chi connectivity index (χ3n) is 4.74. The molecule has 3 N–H and O–H groups in total. The van der Waals surface area contributed by atoms with Crippen molar-refractivity contribution >= 4 is 64.2 Å². The molecule has 0 saturated carbocycles. The number of fused-ring (bicyclic) bond motifs is 1. The second kappa shape index (κ2) is 9.97. The maximum atomic E-state index is 12.8. The number of nitrogens with one attached hydrogen (secondary N) is 2. The summed E-state index contributed by atoms with van der Waals surface area (Å²) in [6, 6.07) is 8.12. The summed E-state index contributed by atoms with van der Waals surface area (Å²) in [6.45, 7) is 1.76. The Morgan fingerprint density at radius 1 is 1.23 bits per heavy atom. The molecule has 2 aromatic heterocycles. The number of benzene rings is 1. The number of hydrogen-bond donors (Lipinski definition) is 3.